The number of nitrogen functional groups attached to an aromatic ring is 1. The van der Waals surface area contributed by atoms with Crippen molar-refractivity contribution in [1.29, 1.82) is 0 Å². The molecule has 1 unspecified atom stereocenters. The predicted molar refractivity (Wildman–Crippen MR) is 215 cm³/mol. The molecule has 0 spiro atoms. The molecular weight excluding hydrogens is 876 g/mol. The number of carbonyl (C=O) groups excluding carboxylic acids is 2. The number of alkyl halides is 3. The Labute approximate surface area is 353 Å². The van der Waals surface area contributed by atoms with Crippen molar-refractivity contribution < 1.29 is 71.1 Å². The Morgan fingerprint density at radius 2 is 1.49 bits per heavy atom. The second-order valence-corrected chi connectivity index (χ2v) is 14.9. The maximum Gasteiger partial charge on any atom is 0.417 e. The number of fused-ring (bicyclic) bond motifs is 1. The molecule has 61 heavy (non-hydrogen) atoms. The monoisotopic (exact) mass is 906 g/mol. The lowest BCUT2D eigenvalue weighted by atomic mass is 10.1. The first-order valence-electron chi connectivity index (χ1n) is 16.8. The maximum atomic E-state index is 12.7. The number of rotatable bonds is 10. The number of carbonyl (C=O) groups is 6. The van der Waals surface area contributed by atoms with E-state index in [1.807, 2.05) is 24.3 Å². The average Bonchev–Trinajstić information content (AvgIpc) is 3.94. The van der Waals surface area contributed by atoms with E-state index in [4.69, 9.17) is 21.1 Å². The van der Waals surface area contributed by atoms with Crippen molar-refractivity contribution in [3.05, 3.63) is 145 Å². The molecule has 0 saturated carbocycles. The number of para-hydroxylation sites is 1. The second-order valence-electron chi connectivity index (χ2n) is 11.8. The number of nitrogens with one attached hydrogen (secondary N) is 1. The minimum Gasteiger partial charge on any atom is -0.481 e. The van der Waals surface area contributed by atoms with E-state index in [0.29, 0.717) is 43.3 Å². The first kappa shape index (κ1) is 48.5. The molecule has 0 fully saturated rings. The van der Waals surface area contributed by atoms with Gasteiger partial charge < -0.3 is 31.5 Å². The molecule has 0 aliphatic heterocycles. The number of aromatic carboxylic acids is 1. The van der Waals surface area contributed by atoms with Crippen molar-refractivity contribution in [1.82, 2.24) is 15.3 Å². The summed E-state index contributed by atoms with van der Waals surface area (Å²) in [5, 5.41) is 39.5. The molecule has 1 atom stereocenters. The van der Waals surface area contributed by atoms with Gasteiger partial charge in [0.15, 0.2) is 11.0 Å². The van der Waals surface area contributed by atoms with Gasteiger partial charge >= 0.3 is 30.1 Å². The van der Waals surface area contributed by atoms with Crippen LogP contribution in [0, 0.1) is 11.6 Å². The van der Waals surface area contributed by atoms with Gasteiger partial charge in [0.2, 0.25) is 11.7 Å². The number of carboxylic acids is 4. The molecule has 3 heterocycles. The molecule has 6 aromatic rings. The Morgan fingerprint density at radius 3 is 1.98 bits per heavy atom. The Morgan fingerprint density at radius 1 is 0.852 bits per heavy atom. The molecular formula is C39H31F5N4O10S3. The van der Waals surface area contributed by atoms with E-state index in [1.165, 1.54) is 59.9 Å². The van der Waals surface area contributed by atoms with Gasteiger partial charge in [-0.3, -0.25) is 19.2 Å². The minimum atomic E-state index is -4.87. The van der Waals surface area contributed by atoms with Crippen LogP contribution in [0.1, 0.15) is 66.5 Å². The minimum absolute atomic E-state index is 0.0903. The molecule has 0 saturated heterocycles. The van der Waals surface area contributed by atoms with Gasteiger partial charge in [0.05, 0.1) is 38.3 Å². The molecule has 3 aromatic carbocycles. The highest BCUT2D eigenvalue weighted by molar-refractivity contribution is 7.18. The van der Waals surface area contributed by atoms with Gasteiger partial charge in [0, 0.05) is 22.7 Å². The van der Waals surface area contributed by atoms with E-state index in [1.54, 1.807) is 24.4 Å². The molecule has 0 aliphatic carbocycles. The third kappa shape index (κ3) is 14.7. The van der Waals surface area contributed by atoms with E-state index < -0.39 is 58.7 Å². The standard InChI is InChI=1S/C13H9FO3S.C12H9N3O2S2.C8H4F4O2.C6H9NO3/c14-9-3-1-8(2-4-9)13(17)11-6-5-10(18-11)7-12(15)16;13-12-15-7(5-18-12)9(11(16)17)10-14-6-3-1-2-4-8(6)19-10;9-4-1-2-5(7(13)14)6(3-4)8(10,11)12;1-3-5(6(9)10)7-4(2)8/h1-6H,7H2,(H,15,16);1-5,9H,(H2,13,15)(H,16,17);1-3H,(H,13,14);3H,1-2H3,(H,7,8)(H,9,10). The van der Waals surface area contributed by atoms with Crippen LogP contribution in [0.2, 0.25) is 0 Å². The molecule has 0 aliphatic rings. The second kappa shape index (κ2) is 21.9. The zero-order valence-electron chi connectivity index (χ0n) is 31.3. The van der Waals surface area contributed by atoms with Crippen molar-refractivity contribution in [2.75, 3.05) is 5.73 Å². The fourth-order valence-corrected chi connectivity index (χ4v) is 7.29. The number of ketones is 1. The molecule has 14 nitrogen and oxygen atoms in total. The molecule has 6 rings (SSSR count). The zero-order chi connectivity index (χ0) is 45.6. The summed E-state index contributed by atoms with van der Waals surface area (Å²) >= 11 is 3.75. The van der Waals surface area contributed by atoms with Gasteiger partial charge in [-0.2, -0.15) is 13.2 Å². The molecule has 7 N–H and O–H groups in total. The molecule has 0 bridgehead atoms. The van der Waals surface area contributed by atoms with Crippen LogP contribution in [-0.2, 0) is 31.8 Å². The lowest BCUT2D eigenvalue weighted by Crippen LogP contribution is -2.24. The Bertz CT molecular complexity index is 2540. The first-order chi connectivity index (χ1) is 28.6. The van der Waals surface area contributed by atoms with Crippen LogP contribution in [0.15, 0.2) is 96.0 Å². The van der Waals surface area contributed by atoms with Gasteiger partial charge in [-0.05, 0) is 73.7 Å². The van der Waals surface area contributed by atoms with E-state index >= 15 is 0 Å². The number of amides is 1. The number of aromatic nitrogens is 2. The van der Waals surface area contributed by atoms with Gasteiger partial charge in [0.1, 0.15) is 22.3 Å². The number of thiazole rings is 2. The van der Waals surface area contributed by atoms with Crippen LogP contribution < -0.4 is 11.1 Å². The number of hydrogen-bond acceptors (Lipinski definition) is 12. The van der Waals surface area contributed by atoms with Crippen molar-refractivity contribution in [3.63, 3.8) is 0 Å². The summed E-state index contributed by atoms with van der Waals surface area (Å²) in [4.78, 5) is 74.4. The van der Waals surface area contributed by atoms with Crippen molar-refractivity contribution in [3.8, 4) is 0 Å². The van der Waals surface area contributed by atoms with E-state index in [2.05, 4.69) is 15.3 Å². The third-order valence-electron chi connectivity index (χ3n) is 7.30. The van der Waals surface area contributed by atoms with Crippen LogP contribution >= 0.6 is 34.0 Å². The van der Waals surface area contributed by atoms with Gasteiger partial charge in [-0.25, -0.2) is 28.3 Å². The molecule has 320 valence electrons. The molecule has 22 heteroatoms. The highest BCUT2D eigenvalue weighted by atomic mass is 32.1. The fourth-order valence-electron chi connectivity index (χ4n) is 4.67. The van der Waals surface area contributed by atoms with Crippen LogP contribution in [0.3, 0.4) is 0 Å². The number of halogens is 5. The number of nitrogens with zero attached hydrogens (tertiary/aromatic N) is 2. The lowest BCUT2D eigenvalue weighted by molar-refractivity contribution is -0.138. The fraction of sp³-hybridized carbons (Fsp3) is 0.128. The number of anilines is 1. The highest BCUT2D eigenvalue weighted by Crippen LogP contribution is 2.34. The van der Waals surface area contributed by atoms with E-state index in [9.17, 15) is 55.8 Å². The molecule has 3 aromatic heterocycles. The van der Waals surface area contributed by atoms with Crippen molar-refractivity contribution >= 4 is 84.9 Å². The number of aliphatic carboxylic acids is 3. The maximum absolute atomic E-state index is 12.7. The van der Waals surface area contributed by atoms with Crippen LogP contribution in [0.25, 0.3) is 10.2 Å². The van der Waals surface area contributed by atoms with E-state index in [-0.39, 0.29) is 29.9 Å². The largest absolute Gasteiger partial charge is 0.481 e. The average molecular weight is 907 g/mol. The summed E-state index contributed by atoms with van der Waals surface area (Å²) in [5.41, 5.74) is 4.67. The van der Waals surface area contributed by atoms with Gasteiger partial charge in [0.25, 0.3) is 0 Å². The summed E-state index contributed by atoms with van der Waals surface area (Å²) in [6, 6.07) is 17.4. The normalized spacial score (nSPS) is 11.4. The summed E-state index contributed by atoms with van der Waals surface area (Å²) in [6.45, 7) is 2.80. The lowest BCUT2D eigenvalue weighted by Gasteiger charge is -2.09. The van der Waals surface area contributed by atoms with Crippen LogP contribution in [-0.4, -0.2) is 66.0 Å². The van der Waals surface area contributed by atoms with Crippen LogP contribution in [0.4, 0.5) is 27.1 Å². The predicted octanol–water partition coefficient (Wildman–Crippen LogP) is 7.95. The van der Waals surface area contributed by atoms with Crippen LogP contribution in [0.5, 0.6) is 0 Å². The summed E-state index contributed by atoms with van der Waals surface area (Å²) in [5.74, 6) is -7.75. The SMILES string of the molecule is CC=C(NC(C)=O)C(=O)O.Nc1nc(C(C(=O)O)c2nc3ccccc3s2)cs1.O=C(O)Cc1ccc(C(=O)c2ccc(F)cc2)s1.O=C(O)c1ccc(F)cc1C(F)(F)F. The Kier molecular flexibility index (Phi) is 17.4. The highest BCUT2D eigenvalue weighted by Gasteiger charge is 2.35. The first-order valence-corrected chi connectivity index (χ1v) is 19.3. The third-order valence-corrected chi connectivity index (χ3v) is 10.2. The number of carboxylic acid groups (broad SMARTS) is 4. The van der Waals surface area contributed by atoms with Gasteiger partial charge in [-0.1, -0.05) is 18.2 Å². The Balaban J connectivity index is 0.000000223. The molecule has 1 amide bonds. The smallest absolute Gasteiger partial charge is 0.417 e. The number of hydrogen-bond donors (Lipinski definition) is 6. The summed E-state index contributed by atoms with van der Waals surface area (Å²) < 4.78 is 62.6. The van der Waals surface area contributed by atoms with Crippen molar-refractivity contribution in [2.45, 2.75) is 32.4 Å². The number of thiophene rings is 1. The number of nitrogens with two attached hydrogens (primary N) is 1. The topological polar surface area (TPSA) is 247 Å². The Hall–Kier alpha value is -6.91. The quantitative estimate of drug-likeness (QED) is 0.0435. The van der Waals surface area contributed by atoms with E-state index in [0.717, 1.165) is 21.6 Å². The zero-order valence-corrected chi connectivity index (χ0v) is 33.7. The molecule has 0 radical (unpaired) electrons. The van der Waals surface area contributed by atoms with Gasteiger partial charge in [-0.15, -0.1) is 34.0 Å². The number of benzene rings is 3. The summed E-state index contributed by atoms with van der Waals surface area (Å²) in [7, 11) is 0. The van der Waals surface area contributed by atoms with Crippen molar-refractivity contribution in [2.24, 2.45) is 0 Å². The summed E-state index contributed by atoms with van der Waals surface area (Å²) in [6.07, 6.45) is -3.64. The number of allylic oxidation sites excluding steroid dienone is 1.